The highest BCUT2D eigenvalue weighted by Crippen LogP contribution is 1.99. The summed E-state index contributed by atoms with van der Waals surface area (Å²) in [6.07, 6.45) is 5.94. The van der Waals surface area contributed by atoms with Gasteiger partial charge in [-0.15, -0.1) is 0 Å². The first-order chi connectivity index (χ1) is 8.11. The summed E-state index contributed by atoms with van der Waals surface area (Å²) in [5.41, 5.74) is 5.39. The molecule has 0 saturated heterocycles. The van der Waals surface area contributed by atoms with Crippen LogP contribution >= 0.6 is 0 Å². The molecule has 0 aliphatic carbocycles. The first-order valence-electron chi connectivity index (χ1n) is 5.76. The van der Waals surface area contributed by atoms with Crippen molar-refractivity contribution in [2.75, 3.05) is 6.54 Å². The predicted molar refractivity (Wildman–Crippen MR) is 64.4 cm³/mol. The van der Waals surface area contributed by atoms with Gasteiger partial charge in [-0.2, -0.15) is 0 Å². The van der Waals surface area contributed by atoms with Gasteiger partial charge in [0.25, 0.3) is 0 Å². The largest absolute Gasteiger partial charge is 0.480 e. The summed E-state index contributed by atoms with van der Waals surface area (Å²) in [4.78, 5) is 14.6. The number of carboxylic acids is 1. The predicted octanol–water partition coefficient (Wildman–Crippen LogP) is 0.0919. The summed E-state index contributed by atoms with van der Waals surface area (Å²) in [5, 5.41) is 11.8. The van der Waals surface area contributed by atoms with Gasteiger partial charge < -0.3 is 20.7 Å². The third kappa shape index (κ3) is 4.97. The normalized spacial score (nSPS) is 12.6. The number of rotatable bonds is 8. The van der Waals surface area contributed by atoms with Crippen molar-refractivity contribution in [3.8, 4) is 0 Å². The molecule has 0 fully saturated rings. The van der Waals surface area contributed by atoms with Crippen molar-refractivity contribution in [2.24, 2.45) is 12.8 Å². The first kappa shape index (κ1) is 13.7. The molecule has 1 rings (SSSR count). The SMILES string of the molecule is Cn1ccnc1CNCCCC[C@H](N)C(=O)O. The Balaban J connectivity index is 2.02. The van der Waals surface area contributed by atoms with E-state index in [-0.39, 0.29) is 0 Å². The Kier molecular flexibility index (Phi) is 5.65. The number of nitrogens with zero attached hydrogens (tertiary/aromatic N) is 2. The maximum absolute atomic E-state index is 10.5. The summed E-state index contributed by atoms with van der Waals surface area (Å²) in [6.45, 7) is 1.58. The Morgan fingerprint density at radius 3 is 3.00 bits per heavy atom. The lowest BCUT2D eigenvalue weighted by molar-refractivity contribution is -0.138. The smallest absolute Gasteiger partial charge is 0.320 e. The molecule has 6 heteroatoms. The van der Waals surface area contributed by atoms with E-state index >= 15 is 0 Å². The molecule has 0 aromatic carbocycles. The second-order valence-corrected chi connectivity index (χ2v) is 4.07. The van der Waals surface area contributed by atoms with Crippen LogP contribution in [0.15, 0.2) is 12.4 Å². The summed E-state index contributed by atoms with van der Waals surface area (Å²) in [7, 11) is 1.95. The zero-order valence-electron chi connectivity index (χ0n) is 10.1. The van der Waals surface area contributed by atoms with Crippen LogP contribution in [0.1, 0.15) is 25.1 Å². The minimum absolute atomic E-state index is 0.527. The van der Waals surface area contributed by atoms with Gasteiger partial charge in [0, 0.05) is 19.4 Å². The van der Waals surface area contributed by atoms with Gasteiger partial charge in [0.15, 0.2) is 0 Å². The van der Waals surface area contributed by atoms with Crippen LogP contribution in [0, 0.1) is 0 Å². The van der Waals surface area contributed by atoms with E-state index in [0.717, 1.165) is 31.8 Å². The molecule has 17 heavy (non-hydrogen) atoms. The Labute approximate surface area is 101 Å². The molecule has 6 nitrogen and oxygen atoms in total. The summed E-state index contributed by atoms with van der Waals surface area (Å²) >= 11 is 0. The average molecular weight is 240 g/mol. The number of aromatic nitrogens is 2. The van der Waals surface area contributed by atoms with Crippen LogP contribution in [-0.2, 0) is 18.4 Å². The van der Waals surface area contributed by atoms with Crippen LogP contribution in [0.4, 0.5) is 0 Å². The lowest BCUT2D eigenvalue weighted by Gasteiger charge is -2.07. The lowest BCUT2D eigenvalue weighted by atomic mass is 10.1. The van der Waals surface area contributed by atoms with E-state index in [1.54, 1.807) is 6.20 Å². The first-order valence-corrected chi connectivity index (χ1v) is 5.76. The van der Waals surface area contributed by atoms with E-state index in [9.17, 15) is 4.79 Å². The van der Waals surface area contributed by atoms with Gasteiger partial charge in [-0.05, 0) is 19.4 Å². The maximum Gasteiger partial charge on any atom is 0.320 e. The molecule has 1 aromatic rings. The zero-order valence-corrected chi connectivity index (χ0v) is 10.1. The van der Waals surface area contributed by atoms with Crippen LogP contribution in [0.5, 0.6) is 0 Å². The molecule has 96 valence electrons. The maximum atomic E-state index is 10.5. The van der Waals surface area contributed by atoms with E-state index in [0.29, 0.717) is 6.42 Å². The van der Waals surface area contributed by atoms with E-state index in [4.69, 9.17) is 10.8 Å². The van der Waals surface area contributed by atoms with Crippen molar-refractivity contribution in [1.29, 1.82) is 0 Å². The number of hydrogen-bond acceptors (Lipinski definition) is 4. The molecule has 0 radical (unpaired) electrons. The van der Waals surface area contributed by atoms with Gasteiger partial charge in [-0.25, -0.2) is 4.98 Å². The van der Waals surface area contributed by atoms with Crippen molar-refractivity contribution in [1.82, 2.24) is 14.9 Å². The molecular formula is C11H20N4O2. The number of aliphatic carboxylic acids is 1. The molecular weight excluding hydrogens is 220 g/mol. The highest BCUT2D eigenvalue weighted by Gasteiger charge is 2.09. The Morgan fingerprint density at radius 1 is 1.65 bits per heavy atom. The summed E-state index contributed by atoms with van der Waals surface area (Å²) in [6, 6.07) is -0.732. The fraction of sp³-hybridized carbons (Fsp3) is 0.636. The number of carboxylic acid groups (broad SMARTS) is 1. The third-order valence-electron chi connectivity index (χ3n) is 2.64. The van der Waals surface area contributed by atoms with Crippen molar-refractivity contribution in [3.63, 3.8) is 0 Å². The molecule has 1 heterocycles. The van der Waals surface area contributed by atoms with E-state index in [1.807, 2.05) is 17.8 Å². The number of carbonyl (C=O) groups is 1. The number of hydrogen-bond donors (Lipinski definition) is 3. The molecule has 1 atom stereocenters. The van der Waals surface area contributed by atoms with Gasteiger partial charge in [0.05, 0.1) is 6.54 Å². The lowest BCUT2D eigenvalue weighted by Crippen LogP contribution is -2.30. The van der Waals surface area contributed by atoms with Crippen LogP contribution in [0.2, 0.25) is 0 Å². The molecule has 0 spiro atoms. The summed E-state index contributed by atoms with van der Waals surface area (Å²) in [5.74, 6) is 0.0678. The number of aryl methyl sites for hydroxylation is 1. The fourth-order valence-corrected chi connectivity index (χ4v) is 1.50. The molecule has 0 saturated carbocycles. The van der Waals surface area contributed by atoms with E-state index < -0.39 is 12.0 Å². The van der Waals surface area contributed by atoms with Crippen LogP contribution < -0.4 is 11.1 Å². The van der Waals surface area contributed by atoms with Crippen molar-refractivity contribution in [2.45, 2.75) is 31.8 Å². The average Bonchev–Trinajstić information content (AvgIpc) is 2.68. The summed E-state index contributed by atoms with van der Waals surface area (Å²) < 4.78 is 1.97. The molecule has 0 amide bonds. The molecule has 0 bridgehead atoms. The van der Waals surface area contributed by atoms with Gasteiger partial charge in [0.1, 0.15) is 11.9 Å². The topological polar surface area (TPSA) is 93.2 Å². The van der Waals surface area contributed by atoms with Crippen molar-refractivity contribution >= 4 is 5.97 Å². The standard InChI is InChI=1S/C11H20N4O2/c1-15-7-6-14-10(15)8-13-5-3-2-4-9(12)11(16)17/h6-7,9,13H,2-5,8,12H2,1H3,(H,16,17)/t9-/m0/s1. The minimum Gasteiger partial charge on any atom is -0.480 e. The van der Waals surface area contributed by atoms with Gasteiger partial charge in [-0.1, -0.05) is 6.42 Å². The monoisotopic (exact) mass is 240 g/mol. The zero-order chi connectivity index (χ0) is 12.7. The number of nitrogens with two attached hydrogens (primary N) is 1. The highest BCUT2D eigenvalue weighted by molar-refractivity contribution is 5.72. The molecule has 0 unspecified atom stereocenters. The number of unbranched alkanes of at least 4 members (excludes halogenated alkanes) is 1. The molecule has 0 aliphatic heterocycles. The Hall–Kier alpha value is -1.40. The molecule has 4 N–H and O–H groups in total. The van der Waals surface area contributed by atoms with Crippen LogP contribution in [0.25, 0.3) is 0 Å². The Bertz CT molecular complexity index is 351. The van der Waals surface area contributed by atoms with Crippen molar-refractivity contribution in [3.05, 3.63) is 18.2 Å². The minimum atomic E-state index is -0.925. The molecule has 1 aromatic heterocycles. The quantitative estimate of drug-likeness (QED) is 0.560. The van der Waals surface area contributed by atoms with Gasteiger partial charge >= 0.3 is 5.97 Å². The highest BCUT2D eigenvalue weighted by atomic mass is 16.4. The Morgan fingerprint density at radius 2 is 2.41 bits per heavy atom. The molecule has 0 aliphatic rings. The fourth-order valence-electron chi connectivity index (χ4n) is 1.50. The van der Waals surface area contributed by atoms with E-state index in [2.05, 4.69) is 10.3 Å². The second-order valence-electron chi connectivity index (χ2n) is 4.07. The number of nitrogens with one attached hydrogen (secondary N) is 1. The van der Waals surface area contributed by atoms with Crippen molar-refractivity contribution < 1.29 is 9.90 Å². The van der Waals surface area contributed by atoms with Crippen LogP contribution in [-0.4, -0.2) is 33.2 Å². The number of imidazole rings is 1. The van der Waals surface area contributed by atoms with Gasteiger partial charge in [0.2, 0.25) is 0 Å². The van der Waals surface area contributed by atoms with Gasteiger partial charge in [-0.3, -0.25) is 4.79 Å². The third-order valence-corrected chi connectivity index (χ3v) is 2.64. The second kappa shape index (κ2) is 7.03. The van der Waals surface area contributed by atoms with Crippen LogP contribution in [0.3, 0.4) is 0 Å². The van der Waals surface area contributed by atoms with E-state index in [1.165, 1.54) is 0 Å².